The highest BCUT2D eigenvalue weighted by Crippen LogP contribution is 2.31. The average molecular weight is 320 g/mol. The number of hydrogen-bond donors (Lipinski definition) is 2. The van der Waals surface area contributed by atoms with Crippen molar-refractivity contribution in [2.75, 3.05) is 20.3 Å². The van der Waals surface area contributed by atoms with Crippen LogP contribution in [0.2, 0.25) is 0 Å². The Labute approximate surface area is 138 Å². The largest absolute Gasteiger partial charge is 0.497 e. The third-order valence-electron chi connectivity index (χ3n) is 4.28. The van der Waals surface area contributed by atoms with Gasteiger partial charge in [0.05, 0.1) is 13.0 Å². The number of nitrogens with one attached hydrogen (secondary N) is 1. The van der Waals surface area contributed by atoms with Gasteiger partial charge in [0.1, 0.15) is 18.1 Å². The van der Waals surface area contributed by atoms with E-state index in [9.17, 15) is 4.79 Å². The molecule has 1 amide bonds. The van der Waals surface area contributed by atoms with Gasteiger partial charge in [-0.25, -0.2) is 0 Å². The number of amides is 1. The second-order valence-corrected chi connectivity index (χ2v) is 7.04. The topological polar surface area (TPSA) is 73.6 Å². The first-order valence-corrected chi connectivity index (χ1v) is 8.18. The van der Waals surface area contributed by atoms with Gasteiger partial charge in [0.15, 0.2) is 0 Å². The van der Waals surface area contributed by atoms with E-state index in [0.717, 1.165) is 23.5 Å². The van der Waals surface area contributed by atoms with Crippen molar-refractivity contribution < 1.29 is 14.3 Å². The van der Waals surface area contributed by atoms with Crippen molar-refractivity contribution in [1.29, 1.82) is 0 Å². The smallest absolute Gasteiger partial charge is 0.227 e. The summed E-state index contributed by atoms with van der Waals surface area (Å²) in [4.78, 5) is 12.6. The number of carbonyl (C=O) groups is 1. The van der Waals surface area contributed by atoms with Crippen LogP contribution in [-0.2, 0) is 11.2 Å². The lowest BCUT2D eigenvalue weighted by molar-refractivity contribution is -0.128. The van der Waals surface area contributed by atoms with E-state index in [0.29, 0.717) is 25.5 Å². The van der Waals surface area contributed by atoms with Crippen LogP contribution in [0.15, 0.2) is 18.2 Å². The van der Waals surface area contributed by atoms with Gasteiger partial charge in [-0.05, 0) is 49.4 Å². The normalized spacial score (nSPS) is 19.5. The van der Waals surface area contributed by atoms with Crippen LogP contribution in [0.3, 0.4) is 0 Å². The van der Waals surface area contributed by atoms with E-state index in [2.05, 4.69) is 19.2 Å². The van der Waals surface area contributed by atoms with Crippen molar-refractivity contribution in [3.63, 3.8) is 0 Å². The van der Waals surface area contributed by atoms with E-state index in [1.165, 1.54) is 0 Å². The second-order valence-electron chi connectivity index (χ2n) is 7.04. The van der Waals surface area contributed by atoms with E-state index >= 15 is 0 Å². The van der Waals surface area contributed by atoms with Crippen LogP contribution >= 0.6 is 0 Å². The minimum Gasteiger partial charge on any atom is -0.497 e. The molecule has 5 nitrogen and oxygen atoms in total. The molecule has 3 N–H and O–H groups in total. The molecule has 2 rings (SSSR count). The van der Waals surface area contributed by atoms with Gasteiger partial charge in [0, 0.05) is 12.1 Å². The molecule has 1 aliphatic rings. The minimum absolute atomic E-state index is 0.00655. The molecule has 0 spiro atoms. The monoisotopic (exact) mass is 320 g/mol. The van der Waals surface area contributed by atoms with Crippen LogP contribution in [0.4, 0.5) is 0 Å². The summed E-state index contributed by atoms with van der Waals surface area (Å²) in [7, 11) is 1.63. The SMILES string of the molecule is COc1ccc2c(c1)CC(C(=O)NC(C)(CN)CC(C)C)CO2. The second kappa shape index (κ2) is 7.21. The number of nitrogens with two attached hydrogens (primary N) is 1. The van der Waals surface area contributed by atoms with Crippen molar-refractivity contribution in [3.8, 4) is 11.5 Å². The number of rotatable bonds is 6. The molecule has 0 bridgehead atoms. The molecule has 1 aromatic carbocycles. The first-order valence-electron chi connectivity index (χ1n) is 8.18. The third-order valence-corrected chi connectivity index (χ3v) is 4.28. The molecular formula is C18H28N2O3. The summed E-state index contributed by atoms with van der Waals surface area (Å²) in [5.74, 6) is 1.88. The Hall–Kier alpha value is -1.75. The van der Waals surface area contributed by atoms with Gasteiger partial charge in [0.25, 0.3) is 0 Å². The summed E-state index contributed by atoms with van der Waals surface area (Å²) >= 11 is 0. The van der Waals surface area contributed by atoms with Crippen molar-refractivity contribution in [2.45, 2.75) is 39.2 Å². The molecule has 2 atom stereocenters. The Balaban J connectivity index is 2.06. The molecule has 0 radical (unpaired) electrons. The van der Waals surface area contributed by atoms with E-state index in [1.54, 1.807) is 7.11 Å². The van der Waals surface area contributed by atoms with Gasteiger partial charge in [-0.15, -0.1) is 0 Å². The number of ether oxygens (including phenoxy) is 2. The predicted octanol–water partition coefficient (Wildman–Crippen LogP) is 2.13. The standard InChI is InChI=1S/C18H28N2O3/c1-12(2)9-18(3,11-19)20-17(21)14-7-13-8-15(22-4)5-6-16(13)23-10-14/h5-6,8,12,14H,7,9-11,19H2,1-4H3,(H,20,21). The first kappa shape index (κ1) is 17.6. The first-order chi connectivity index (χ1) is 10.9. The molecule has 0 saturated heterocycles. The fraction of sp³-hybridized carbons (Fsp3) is 0.611. The number of hydrogen-bond acceptors (Lipinski definition) is 4. The van der Waals surface area contributed by atoms with Gasteiger partial charge in [-0.2, -0.15) is 0 Å². The highest BCUT2D eigenvalue weighted by Gasteiger charge is 2.32. The molecule has 1 aliphatic heterocycles. The van der Waals surface area contributed by atoms with Crippen molar-refractivity contribution in [3.05, 3.63) is 23.8 Å². The minimum atomic E-state index is -0.375. The zero-order valence-corrected chi connectivity index (χ0v) is 14.5. The summed E-state index contributed by atoms with van der Waals surface area (Å²) in [6.45, 7) is 7.09. The molecule has 5 heteroatoms. The van der Waals surface area contributed by atoms with Gasteiger partial charge in [-0.1, -0.05) is 13.8 Å². The third kappa shape index (κ3) is 4.38. The molecule has 23 heavy (non-hydrogen) atoms. The number of benzene rings is 1. The lowest BCUT2D eigenvalue weighted by Gasteiger charge is -2.34. The van der Waals surface area contributed by atoms with Crippen LogP contribution in [0.1, 0.15) is 32.8 Å². The molecule has 0 saturated carbocycles. The maximum atomic E-state index is 12.6. The molecular weight excluding hydrogens is 292 g/mol. The molecule has 1 heterocycles. The quantitative estimate of drug-likeness (QED) is 0.842. The average Bonchev–Trinajstić information content (AvgIpc) is 2.52. The summed E-state index contributed by atoms with van der Waals surface area (Å²) < 4.78 is 11.0. The summed E-state index contributed by atoms with van der Waals surface area (Å²) in [6, 6.07) is 5.70. The number of carbonyl (C=O) groups excluding carboxylic acids is 1. The van der Waals surface area contributed by atoms with Gasteiger partial charge < -0.3 is 20.5 Å². The molecule has 0 aromatic heterocycles. The Kier molecular flexibility index (Phi) is 5.52. The lowest BCUT2D eigenvalue weighted by atomic mass is 9.89. The fourth-order valence-corrected chi connectivity index (χ4v) is 3.15. The van der Waals surface area contributed by atoms with Crippen LogP contribution in [0, 0.1) is 11.8 Å². The fourth-order valence-electron chi connectivity index (χ4n) is 3.15. The van der Waals surface area contributed by atoms with E-state index in [4.69, 9.17) is 15.2 Å². The Morgan fingerprint density at radius 1 is 1.52 bits per heavy atom. The van der Waals surface area contributed by atoms with E-state index in [1.807, 2.05) is 25.1 Å². The number of methoxy groups -OCH3 is 1. The Morgan fingerprint density at radius 2 is 2.26 bits per heavy atom. The van der Waals surface area contributed by atoms with Crippen molar-refractivity contribution in [1.82, 2.24) is 5.32 Å². The van der Waals surface area contributed by atoms with Gasteiger partial charge in [0.2, 0.25) is 5.91 Å². The zero-order valence-electron chi connectivity index (χ0n) is 14.5. The maximum Gasteiger partial charge on any atom is 0.227 e. The highest BCUT2D eigenvalue weighted by molar-refractivity contribution is 5.80. The zero-order chi connectivity index (χ0) is 17.0. The van der Waals surface area contributed by atoms with Gasteiger partial charge in [-0.3, -0.25) is 4.79 Å². The van der Waals surface area contributed by atoms with Crippen LogP contribution < -0.4 is 20.5 Å². The number of fused-ring (bicyclic) bond motifs is 1. The Bertz CT molecular complexity index is 559. The molecule has 0 aliphatic carbocycles. The van der Waals surface area contributed by atoms with Crippen LogP contribution in [-0.4, -0.2) is 31.7 Å². The Morgan fingerprint density at radius 3 is 2.87 bits per heavy atom. The van der Waals surface area contributed by atoms with Crippen molar-refractivity contribution in [2.24, 2.45) is 17.6 Å². The molecule has 0 fully saturated rings. The predicted molar refractivity (Wildman–Crippen MR) is 90.7 cm³/mol. The lowest BCUT2D eigenvalue weighted by Crippen LogP contribution is -2.54. The van der Waals surface area contributed by atoms with Crippen LogP contribution in [0.25, 0.3) is 0 Å². The maximum absolute atomic E-state index is 12.6. The molecule has 128 valence electrons. The van der Waals surface area contributed by atoms with Crippen LogP contribution in [0.5, 0.6) is 11.5 Å². The molecule has 1 aromatic rings. The van der Waals surface area contributed by atoms with E-state index in [-0.39, 0.29) is 17.4 Å². The van der Waals surface area contributed by atoms with Crippen molar-refractivity contribution >= 4 is 5.91 Å². The summed E-state index contributed by atoms with van der Waals surface area (Å²) in [5.41, 5.74) is 6.52. The summed E-state index contributed by atoms with van der Waals surface area (Å²) in [6.07, 6.45) is 1.51. The van der Waals surface area contributed by atoms with Gasteiger partial charge >= 0.3 is 0 Å². The highest BCUT2D eigenvalue weighted by atomic mass is 16.5. The van der Waals surface area contributed by atoms with E-state index < -0.39 is 0 Å². The summed E-state index contributed by atoms with van der Waals surface area (Å²) in [5, 5.41) is 3.13. The molecule has 2 unspecified atom stereocenters.